The number of ether oxygens (including phenoxy) is 2. The summed E-state index contributed by atoms with van der Waals surface area (Å²) in [7, 11) is 3.06. The normalized spacial score (nSPS) is 18.6. The Labute approximate surface area is 173 Å². The van der Waals surface area contributed by atoms with Crippen LogP contribution in [0.4, 0.5) is 16.2 Å². The Kier molecular flexibility index (Phi) is 4.89. The lowest BCUT2D eigenvalue weighted by atomic mass is 10.0. The van der Waals surface area contributed by atoms with Crippen molar-refractivity contribution < 1.29 is 24.2 Å². The SMILES string of the molecule is COc1ccc(N2C(=O)N(c3ccc(OC)cc3)C(O)(c3ccccc3)C2=O)cc1. The van der Waals surface area contributed by atoms with Gasteiger partial charge in [0.15, 0.2) is 0 Å². The number of urea groups is 1. The van der Waals surface area contributed by atoms with Crippen LogP contribution in [-0.4, -0.2) is 31.3 Å². The molecule has 30 heavy (non-hydrogen) atoms. The smallest absolute Gasteiger partial charge is 0.339 e. The molecule has 3 aromatic carbocycles. The molecule has 3 aromatic rings. The fourth-order valence-corrected chi connectivity index (χ4v) is 3.49. The van der Waals surface area contributed by atoms with Crippen LogP contribution < -0.4 is 19.3 Å². The number of imide groups is 1. The average Bonchev–Trinajstić information content (AvgIpc) is 3.00. The van der Waals surface area contributed by atoms with Gasteiger partial charge >= 0.3 is 6.03 Å². The minimum Gasteiger partial charge on any atom is -0.497 e. The second kappa shape index (κ2) is 7.53. The molecule has 3 amide bonds. The summed E-state index contributed by atoms with van der Waals surface area (Å²) in [4.78, 5) is 28.9. The first-order chi connectivity index (χ1) is 14.5. The van der Waals surface area contributed by atoms with E-state index in [9.17, 15) is 14.7 Å². The molecule has 152 valence electrons. The highest BCUT2D eigenvalue weighted by Crippen LogP contribution is 2.41. The molecule has 0 spiro atoms. The number of amides is 3. The topological polar surface area (TPSA) is 79.3 Å². The summed E-state index contributed by atoms with van der Waals surface area (Å²) in [6, 6.07) is 20.8. The maximum absolute atomic E-state index is 13.5. The van der Waals surface area contributed by atoms with Gasteiger partial charge in [0.05, 0.1) is 19.9 Å². The molecule has 1 aliphatic heterocycles. The van der Waals surface area contributed by atoms with Crippen molar-refractivity contribution in [2.45, 2.75) is 5.72 Å². The first-order valence-electron chi connectivity index (χ1n) is 9.25. The van der Waals surface area contributed by atoms with Crippen molar-refractivity contribution in [3.8, 4) is 11.5 Å². The van der Waals surface area contributed by atoms with Crippen LogP contribution in [0.15, 0.2) is 78.9 Å². The summed E-state index contributed by atoms with van der Waals surface area (Å²) in [5.41, 5.74) is -1.23. The number of rotatable bonds is 5. The molecule has 7 heteroatoms. The molecule has 1 atom stereocenters. The van der Waals surface area contributed by atoms with E-state index in [1.54, 1.807) is 78.9 Å². The third-order valence-corrected chi connectivity index (χ3v) is 5.05. The summed E-state index contributed by atoms with van der Waals surface area (Å²) in [5.74, 6) is 0.412. The number of nitrogens with zero attached hydrogens (tertiary/aromatic N) is 2. The zero-order valence-corrected chi connectivity index (χ0v) is 16.5. The van der Waals surface area contributed by atoms with Gasteiger partial charge in [0.25, 0.3) is 11.6 Å². The van der Waals surface area contributed by atoms with Gasteiger partial charge in [-0.3, -0.25) is 9.69 Å². The Bertz CT molecular complexity index is 1070. The molecule has 1 fully saturated rings. The molecular formula is C23H20N2O5. The molecule has 1 aliphatic rings. The lowest BCUT2D eigenvalue weighted by molar-refractivity contribution is -0.133. The molecule has 1 heterocycles. The van der Waals surface area contributed by atoms with Crippen LogP contribution in [0.1, 0.15) is 5.56 Å². The lowest BCUT2D eigenvalue weighted by Gasteiger charge is -2.30. The summed E-state index contributed by atoms with van der Waals surface area (Å²) in [5, 5.41) is 11.6. The van der Waals surface area contributed by atoms with Crippen molar-refractivity contribution in [1.29, 1.82) is 0 Å². The first kappa shape index (κ1) is 19.5. The molecule has 7 nitrogen and oxygen atoms in total. The standard InChI is InChI=1S/C23H20N2O5/c1-29-19-12-8-17(9-13-19)24-21(26)23(28,16-6-4-3-5-7-16)25(22(24)27)18-10-14-20(30-2)15-11-18/h3-15,28H,1-2H3. The second-order valence-corrected chi connectivity index (χ2v) is 6.69. The monoisotopic (exact) mass is 404 g/mol. The third kappa shape index (κ3) is 2.96. The largest absolute Gasteiger partial charge is 0.497 e. The fraction of sp³-hybridized carbons (Fsp3) is 0.130. The van der Waals surface area contributed by atoms with E-state index in [2.05, 4.69) is 0 Å². The molecule has 1 N–H and O–H groups in total. The molecule has 0 aromatic heterocycles. The van der Waals surface area contributed by atoms with Crippen LogP contribution in [0.25, 0.3) is 0 Å². The highest BCUT2D eigenvalue weighted by atomic mass is 16.5. The fourth-order valence-electron chi connectivity index (χ4n) is 3.49. The molecule has 4 rings (SSSR count). The lowest BCUT2D eigenvalue weighted by Crippen LogP contribution is -2.47. The van der Waals surface area contributed by atoms with Crippen molar-refractivity contribution in [3.05, 3.63) is 84.4 Å². The number of benzene rings is 3. The summed E-state index contributed by atoms with van der Waals surface area (Å²) >= 11 is 0. The molecule has 1 unspecified atom stereocenters. The average molecular weight is 404 g/mol. The van der Waals surface area contributed by atoms with Crippen LogP contribution in [0.5, 0.6) is 11.5 Å². The van der Waals surface area contributed by atoms with Gasteiger partial charge in [-0.2, -0.15) is 0 Å². The van der Waals surface area contributed by atoms with Gasteiger partial charge < -0.3 is 14.6 Å². The van der Waals surface area contributed by atoms with Crippen molar-refractivity contribution in [2.75, 3.05) is 24.0 Å². The summed E-state index contributed by atoms with van der Waals surface area (Å²) < 4.78 is 10.3. The van der Waals surface area contributed by atoms with Gasteiger partial charge in [0.2, 0.25) is 0 Å². The van der Waals surface area contributed by atoms with E-state index in [1.165, 1.54) is 14.2 Å². The van der Waals surface area contributed by atoms with E-state index in [0.29, 0.717) is 22.9 Å². The number of anilines is 2. The van der Waals surface area contributed by atoms with Gasteiger partial charge in [0.1, 0.15) is 11.5 Å². The zero-order chi connectivity index (χ0) is 21.3. The van der Waals surface area contributed by atoms with Crippen molar-refractivity contribution in [2.24, 2.45) is 0 Å². The van der Waals surface area contributed by atoms with Crippen LogP contribution >= 0.6 is 0 Å². The van der Waals surface area contributed by atoms with E-state index in [0.717, 1.165) is 9.80 Å². The Morgan fingerprint density at radius 2 is 1.23 bits per heavy atom. The van der Waals surface area contributed by atoms with Crippen molar-refractivity contribution in [1.82, 2.24) is 0 Å². The van der Waals surface area contributed by atoms with E-state index >= 15 is 0 Å². The van der Waals surface area contributed by atoms with Crippen LogP contribution in [-0.2, 0) is 10.5 Å². The predicted molar refractivity (Wildman–Crippen MR) is 112 cm³/mol. The maximum Gasteiger partial charge on any atom is 0.339 e. The molecule has 0 aliphatic carbocycles. The third-order valence-electron chi connectivity index (χ3n) is 5.05. The van der Waals surface area contributed by atoms with E-state index in [-0.39, 0.29) is 5.56 Å². The number of methoxy groups -OCH3 is 2. The first-order valence-corrected chi connectivity index (χ1v) is 9.25. The summed E-state index contributed by atoms with van der Waals surface area (Å²) in [6.07, 6.45) is 0. The predicted octanol–water partition coefficient (Wildman–Crippen LogP) is 3.52. The minimum atomic E-state index is -2.20. The quantitative estimate of drug-likeness (QED) is 0.658. The molecule has 1 saturated heterocycles. The van der Waals surface area contributed by atoms with Gasteiger partial charge in [-0.15, -0.1) is 0 Å². The number of carbonyl (C=O) groups excluding carboxylic acids is 2. The van der Waals surface area contributed by atoms with Crippen molar-refractivity contribution >= 4 is 23.3 Å². The Balaban J connectivity index is 1.86. The Morgan fingerprint density at radius 3 is 1.73 bits per heavy atom. The van der Waals surface area contributed by atoms with Crippen molar-refractivity contribution in [3.63, 3.8) is 0 Å². The number of aliphatic hydroxyl groups is 1. The molecular weight excluding hydrogens is 384 g/mol. The summed E-state index contributed by atoms with van der Waals surface area (Å²) in [6.45, 7) is 0. The number of carbonyl (C=O) groups is 2. The Morgan fingerprint density at radius 1 is 0.733 bits per heavy atom. The van der Waals surface area contributed by atoms with Crippen LogP contribution in [0.3, 0.4) is 0 Å². The highest BCUT2D eigenvalue weighted by Gasteiger charge is 2.59. The van der Waals surface area contributed by atoms with Gasteiger partial charge in [-0.25, -0.2) is 9.69 Å². The highest BCUT2D eigenvalue weighted by molar-refractivity contribution is 6.29. The second-order valence-electron chi connectivity index (χ2n) is 6.69. The minimum absolute atomic E-state index is 0.287. The number of hydrogen-bond acceptors (Lipinski definition) is 5. The molecule has 0 radical (unpaired) electrons. The Hall–Kier alpha value is -3.84. The van der Waals surface area contributed by atoms with Crippen LogP contribution in [0, 0.1) is 0 Å². The number of hydrogen-bond donors (Lipinski definition) is 1. The van der Waals surface area contributed by atoms with Gasteiger partial charge in [-0.05, 0) is 48.5 Å². The maximum atomic E-state index is 13.5. The van der Waals surface area contributed by atoms with E-state index in [4.69, 9.17) is 9.47 Å². The van der Waals surface area contributed by atoms with E-state index < -0.39 is 17.7 Å². The molecule has 0 saturated carbocycles. The van der Waals surface area contributed by atoms with Gasteiger partial charge in [-0.1, -0.05) is 30.3 Å². The molecule has 0 bridgehead atoms. The van der Waals surface area contributed by atoms with Crippen LogP contribution in [0.2, 0.25) is 0 Å². The van der Waals surface area contributed by atoms with E-state index in [1.807, 2.05) is 0 Å². The van der Waals surface area contributed by atoms with Gasteiger partial charge in [0, 0.05) is 11.3 Å². The zero-order valence-electron chi connectivity index (χ0n) is 16.5.